The molecule has 3 heterocycles. The molecule has 1 unspecified atom stereocenters. The second-order valence-electron chi connectivity index (χ2n) is 4.16. The minimum Gasteiger partial charge on any atom is -0.308 e. The number of aromatic nitrogens is 3. The predicted octanol–water partition coefficient (Wildman–Crippen LogP) is 2.41. The van der Waals surface area contributed by atoms with Crippen molar-refractivity contribution in [2.24, 2.45) is 0 Å². The molecule has 3 rings (SSSR count). The van der Waals surface area contributed by atoms with Crippen molar-refractivity contribution in [3.63, 3.8) is 0 Å². The van der Waals surface area contributed by atoms with Crippen LogP contribution in [0.3, 0.4) is 0 Å². The van der Waals surface area contributed by atoms with Gasteiger partial charge in [0.1, 0.15) is 16.4 Å². The van der Waals surface area contributed by atoms with Crippen LogP contribution in [0.2, 0.25) is 0 Å². The lowest BCUT2D eigenvalue weighted by molar-refractivity contribution is 0.411. The summed E-state index contributed by atoms with van der Waals surface area (Å²) in [4.78, 5) is 13.0. The Morgan fingerprint density at radius 2 is 2.24 bits per heavy atom. The van der Waals surface area contributed by atoms with Gasteiger partial charge in [0, 0.05) is 17.8 Å². The van der Waals surface area contributed by atoms with Crippen LogP contribution in [0.4, 0.5) is 0 Å². The molecular formula is C12H14N4S. The molecule has 0 aliphatic carbocycles. The van der Waals surface area contributed by atoms with Crippen LogP contribution < -0.4 is 5.32 Å². The molecule has 5 heteroatoms. The molecule has 88 valence electrons. The Bertz CT molecular complexity index is 476. The zero-order valence-corrected chi connectivity index (χ0v) is 10.3. The summed E-state index contributed by atoms with van der Waals surface area (Å²) >= 11 is 1.71. The molecular weight excluding hydrogens is 232 g/mol. The maximum Gasteiger partial charge on any atom is 0.110 e. The molecule has 1 aliphatic rings. The quantitative estimate of drug-likeness (QED) is 0.884. The fourth-order valence-electron chi connectivity index (χ4n) is 2.06. The first kappa shape index (κ1) is 10.8. The van der Waals surface area contributed by atoms with Crippen molar-refractivity contribution in [2.45, 2.75) is 25.3 Å². The van der Waals surface area contributed by atoms with Crippen LogP contribution in [0.5, 0.6) is 0 Å². The standard InChI is InChI=1S/C12H14N4S/c1-2-4-14-9(3-1)12-16-11(8-17-12)10-7-13-5-6-15-10/h5-9,14H,1-4H2. The first-order valence-corrected chi connectivity index (χ1v) is 6.76. The first-order valence-electron chi connectivity index (χ1n) is 5.89. The summed E-state index contributed by atoms with van der Waals surface area (Å²) in [5.41, 5.74) is 1.79. The van der Waals surface area contributed by atoms with E-state index in [-0.39, 0.29) is 0 Å². The van der Waals surface area contributed by atoms with Crippen molar-refractivity contribution >= 4 is 11.3 Å². The number of piperidine rings is 1. The third kappa shape index (κ3) is 2.35. The summed E-state index contributed by atoms with van der Waals surface area (Å²) < 4.78 is 0. The zero-order valence-electron chi connectivity index (χ0n) is 9.47. The second-order valence-corrected chi connectivity index (χ2v) is 5.05. The van der Waals surface area contributed by atoms with Crippen molar-refractivity contribution in [2.75, 3.05) is 6.54 Å². The van der Waals surface area contributed by atoms with Gasteiger partial charge in [-0.15, -0.1) is 11.3 Å². The van der Waals surface area contributed by atoms with Crippen molar-refractivity contribution < 1.29 is 0 Å². The molecule has 0 bridgehead atoms. The largest absolute Gasteiger partial charge is 0.308 e. The molecule has 0 amide bonds. The van der Waals surface area contributed by atoms with E-state index >= 15 is 0 Å². The molecule has 0 radical (unpaired) electrons. The number of hydrogen-bond donors (Lipinski definition) is 1. The van der Waals surface area contributed by atoms with Gasteiger partial charge in [-0.25, -0.2) is 4.98 Å². The molecule has 2 aromatic heterocycles. The molecule has 2 aromatic rings. The maximum absolute atomic E-state index is 4.66. The molecule has 1 aliphatic heterocycles. The topological polar surface area (TPSA) is 50.7 Å². The highest BCUT2D eigenvalue weighted by molar-refractivity contribution is 7.10. The second kappa shape index (κ2) is 4.89. The molecule has 1 atom stereocenters. The highest BCUT2D eigenvalue weighted by Crippen LogP contribution is 2.28. The van der Waals surface area contributed by atoms with E-state index in [1.807, 2.05) is 0 Å². The van der Waals surface area contributed by atoms with E-state index in [2.05, 4.69) is 25.6 Å². The Hall–Kier alpha value is -1.33. The van der Waals surface area contributed by atoms with Crippen LogP contribution in [-0.4, -0.2) is 21.5 Å². The van der Waals surface area contributed by atoms with E-state index in [0.29, 0.717) is 6.04 Å². The van der Waals surface area contributed by atoms with Crippen LogP contribution in [0.1, 0.15) is 30.3 Å². The minimum absolute atomic E-state index is 0.430. The van der Waals surface area contributed by atoms with Gasteiger partial charge >= 0.3 is 0 Å². The van der Waals surface area contributed by atoms with Gasteiger partial charge in [-0.2, -0.15) is 0 Å². The summed E-state index contributed by atoms with van der Waals surface area (Å²) in [6.45, 7) is 1.10. The fourth-order valence-corrected chi connectivity index (χ4v) is 2.98. The van der Waals surface area contributed by atoms with E-state index < -0.39 is 0 Å². The Labute approximate surface area is 104 Å². The van der Waals surface area contributed by atoms with Gasteiger partial charge in [-0.1, -0.05) is 6.42 Å². The lowest BCUT2D eigenvalue weighted by atomic mass is 10.1. The molecule has 0 spiro atoms. The number of nitrogens with one attached hydrogen (secondary N) is 1. The Morgan fingerprint density at radius 3 is 3.00 bits per heavy atom. The third-order valence-corrected chi connectivity index (χ3v) is 3.91. The molecule has 0 saturated carbocycles. The van der Waals surface area contributed by atoms with E-state index in [9.17, 15) is 0 Å². The van der Waals surface area contributed by atoms with Crippen molar-refractivity contribution in [3.8, 4) is 11.4 Å². The van der Waals surface area contributed by atoms with Crippen molar-refractivity contribution in [3.05, 3.63) is 29.0 Å². The third-order valence-electron chi connectivity index (χ3n) is 2.96. The predicted molar refractivity (Wildman–Crippen MR) is 67.7 cm³/mol. The van der Waals surface area contributed by atoms with E-state index in [4.69, 9.17) is 0 Å². The molecule has 0 aromatic carbocycles. The van der Waals surface area contributed by atoms with Gasteiger partial charge in [0.2, 0.25) is 0 Å². The fraction of sp³-hybridized carbons (Fsp3) is 0.417. The molecule has 4 nitrogen and oxygen atoms in total. The number of rotatable bonds is 2. The van der Waals surface area contributed by atoms with Crippen LogP contribution in [0.15, 0.2) is 24.0 Å². The summed E-state index contributed by atoms with van der Waals surface area (Å²) in [7, 11) is 0. The van der Waals surface area contributed by atoms with E-state index in [1.54, 1.807) is 29.9 Å². The highest BCUT2D eigenvalue weighted by Gasteiger charge is 2.18. The Balaban J connectivity index is 1.83. The molecule has 1 saturated heterocycles. The van der Waals surface area contributed by atoms with Crippen LogP contribution in [0, 0.1) is 0 Å². The van der Waals surface area contributed by atoms with Gasteiger partial charge < -0.3 is 5.32 Å². The van der Waals surface area contributed by atoms with Gasteiger partial charge in [-0.05, 0) is 19.4 Å². The minimum atomic E-state index is 0.430. The SMILES string of the molecule is c1cnc(-c2csc(C3CCCCN3)n2)cn1. The molecule has 1 N–H and O–H groups in total. The average molecular weight is 246 g/mol. The monoisotopic (exact) mass is 246 g/mol. The van der Waals surface area contributed by atoms with Gasteiger partial charge in [0.15, 0.2) is 0 Å². The first-order chi connectivity index (χ1) is 8.43. The zero-order chi connectivity index (χ0) is 11.5. The Morgan fingerprint density at radius 1 is 1.24 bits per heavy atom. The lowest BCUT2D eigenvalue weighted by Gasteiger charge is -2.21. The number of thiazole rings is 1. The van der Waals surface area contributed by atoms with Crippen molar-refractivity contribution in [1.82, 2.24) is 20.3 Å². The van der Waals surface area contributed by atoms with Gasteiger partial charge in [0.25, 0.3) is 0 Å². The maximum atomic E-state index is 4.66. The molecule has 17 heavy (non-hydrogen) atoms. The van der Waals surface area contributed by atoms with Gasteiger partial charge in [-0.3, -0.25) is 9.97 Å². The van der Waals surface area contributed by atoms with Crippen LogP contribution in [0.25, 0.3) is 11.4 Å². The summed E-state index contributed by atoms with van der Waals surface area (Å²) in [5, 5.41) is 6.75. The summed E-state index contributed by atoms with van der Waals surface area (Å²) in [6.07, 6.45) is 8.89. The smallest absolute Gasteiger partial charge is 0.110 e. The van der Waals surface area contributed by atoms with Crippen molar-refractivity contribution in [1.29, 1.82) is 0 Å². The van der Waals surface area contributed by atoms with Crippen LogP contribution >= 0.6 is 11.3 Å². The normalized spacial score (nSPS) is 20.4. The average Bonchev–Trinajstić information content (AvgIpc) is 2.90. The van der Waals surface area contributed by atoms with Gasteiger partial charge in [0.05, 0.1) is 12.2 Å². The summed E-state index contributed by atoms with van der Waals surface area (Å²) in [5.74, 6) is 0. The lowest BCUT2D eigenvalue weighted by Crippen LogP contribution is -2.26. The highest BCUT2D eigenvalue weighted by atomic mass is 32.1. The number of hydrogen-bond acceptors (Lipinski definition) is 5. The number of nitrogens with zero attached hydrogens (tertiary/aromatic N) is 3. The molecule has 1 fully saturated rings. The van der Waals surface area contributed by atoms with E-state index in [0.717, 1.165) is 17.9 Å². The van der Waals surface area contributed by atoms with E-state index in [1.165, 1.54) is 24.3 Å². The van der Waals surface area contributed by atoms with Crippen LogP contribution in [-0.2, 0) is 0 Å². The Kier molecular flexibility index (Phi) is 3.11. The summed E-state index contributed by atoms with van der Waals surface area (Å²) in [6, 6.07) is 0.430.